The summed E-state index contributed by atoms with van der Waals surface area (Å²) in [5.74, 6) is 1.72. The molecule has 0 saturated heterocycles. The predicted molar refractivity (Wildman–Crippen MR) is 105 cm³/mol. The third-order valence-corrected chi connectivity index (χ3v) is 5.00. The van der Waals surface area contributed by atoms with E-state index >= 15 is 0 Å². The van der Waals surface area contributed by atoms with Gasteiger partial charge in [-0.3, -0.25) is 9.78 Å². The molecule has 2 heterocycles. The average Bonchev–Trinajstić information content (AvgIpc) is 3.20. The number of anilines is 1. The third-order valence-electron chi connectivity index (χ3n) is 5.00. The van der Waals surface area contributed by atoms with Gasteiger partial charge in [0.15, 0.2) is 17.1 Å². The summed E-state index contributed by atoms with van der Waals surface area (Å²) in [6.45, 7) is 0. The number of hydrogen-bond donors (Lipinski definition) is 2. The Kier molecular flexibility index (Phi) is 4.66. The van der Waals surface area contributed by atoms with E-state index in [9.17, 15) is 4.79 Å². The number of fused-ring (bicyclic) bond motifs is 1. The molecule has 7 nitrogen and oxygen atoms in total. The molecule has 3 aromatic rings. The van der Waals surface area contributed by atoms with Crippen molar-refractivity contribution < 1.29 is 9.47 Å². The average molecular weight is 366 g/mol. The van der Waals surface area contributed by atoms with Gasteiger partial charge in [-0.05, 0) is 42.2 Å². The molecule has 0 amide bonds. The van der Waals surface area contributed by atoms with E-state index < -0.39 is 0 Å². The maximum Gasteiger partial charge on any atom is 0.262 e. The highest BCUT2D eigenvalue weighted by molar-refractivity contribution is 5.92. The van der Waals surface area contributed by atoms with Gasteiger partial charge in [0, 0.05) is 12.2 Å². The first kappa shape index (κ1) is 17.3. The Labute approximate surface area is 156 Å². The van der Waals surface area contributed by atoms with Gasteiger partial charge in [-0.1, -0.05) is 18.9 Å². The summed E-state index contributed by atoms with van der Waals surface area (Å²) < 4.78 is 10.7. The summed E-state index contributed by atoms with van der Waals surface area (Å²) in [5, 5.41) is 3.78. The Hall–Kier alpha value is -3.09. The molecule has 0 atom stereocenters. The highest BCUT2D eigenvalue weighted by Gasteiger charge is 2.17. The predicted octanol–water partition coefficient (Wildman–Crippen LogP) is 3.36. The van der Waals surface area contributed by atoms with Crippen LogP contribution in [0.1, 0.15) is 25.7 Å². The van der Waals surface area contributed by atoms with Gasteiger partial charge in [0.05, 0.1) is 19.6 Å². The van der Waals surface area contributed by atoms with E-state index in [-0.39, 0.29) is 5.56 Å². The Morgan fingerprint density at radius 1 is 1.11 bits per heavy atom. The molecule has 0 unspecified atom stereocenters. The van der Waals surface area contributed by atoms with E-state index in [1.807, 2.05) is 24.3 Å². The summed E-state index contributed by atoms with van der Waals surface area (Å²) in [7, 11) is 3.18. The molecule has 4 rings (SSSR count). The van der Waals surface area contributed by atoms with Crippen LogP contribution in [-0.4, -0.2) is 35.2 Å². The lowest BCUT2D eigenvalue weighted by Crippen LogP contribution is -2.20. The van der Waals surface area contributed by atoms with Crippen molar-refractivity contribution in [3.05, 3.63) is 40.8 Å². The molecule has 0 radical (unpaired) electrons. The van der Waals surface area contributed by atoms with Gasteiger partial charge in [-0.25, -0.2) is 4.98 Å². The molecule has 0 spiro atoms. The van der Waals surface area contributed by atoms with Crippen molar-refractivity contribution in [3.8, 4) is 22.6 Å². The fraction of sp³-hybridized carbons (Fsp3) is 0.350. The van der Waals surface area contributed by atoms with Crippen LogP contribution in [0.25, 0.3) is 22.2 Å². The number of methoxy groups -OCH3 is 2. The molecule has 140 valence electrons. The first-order valence-electron chi connectivity index (χ1n) is 9.07. The highest BCUT2D eigenvalue weighted by Crippen LogP contribution is 2.34. The number of nitrogens with one attached hydrogen (secondary N) is 2. The van der Waals surface area contributed by atoms with Crippen molar-refractivity contribution in [1.29, 1.82) is 0 Å². The van der Waals surface area contributed by atoms with Crippen molar-refractivity contribution in [2.24, 2.45) is 0 Å². The van der Waals surface area contributed by atoms with Crippen LogP contribution in [0.5, 0.6) is 11.5 Å². The minimum atomic E-state index is -0.210. The molecule has 1 saturated carbocycles. The normalized spacial score (nSPS) is 14.4. The SMILES string of the molecule is COc1ccc(-c2ccnc3nc(NC4CCCC4)[nH]c(=O)c23)cc1OC. The van der Waals surface area contributed by atoms with E-state index in [4.69, 9.17) is 9.47 Å². The fourth-order valence-electron chi connectivity index (χ4n) is 3.64. The number of benzene rings is 1. The Morgan fingerprint density at radius 2 is 1.89 bits per heavy atom. The molecule has 0 aliphatic heterocycles. The second-order valence-electron chi connectivity index (χ2n) is 6.67. The van der Waals surface area contributed by atoms with E-state index in [0.717, 1.165) is 24.0 Å². The van der Waals surface area contributed by atoms with Crippen molar-refractivity contribution in [2.75, 3.05) is 19.5 Å². The lowest BCUT2D eigenvalue weighted by molar-refractivity contribution is 0.355. The standard InChI is InChI=1S/C20H22N4O3/c1-26-15-8-7-12(11-16(15)27-2)14-9-10-21-18-17(14)19(25)24-20(23-18)22-13-5-3-4-6-13/h7-11,13H,3-6H2,1-2H3,(H2,21,22,23,24,25). The Bertz CT molecular complexity index is 1030. The molecule has 7 heteroatoms. The number of pyridine rings is 1. The van der Waals surface area contributed by atoms with Crippen LogP contribution < -0.4 is 20.3 Å². The van der Waals surface area contributed by atoms with Crippen molar-refractivity contribution in [1.82, 2.24) is 15.0 Å². The van der Waals surface area contributed by atoms with Gasteiger partial charge in [0.25, 0.3) is 5.56 Å². The lowest BCUT2D eigenvalue weighted by atomic mass is 10.0. The van der Waals surface area contributed by atoms with Gasteiger partial charge in [0.1, 0.15) is 0 Å². The van der Waals surface area contributed by atoms with Gasteiger partial charge in [0.2, 0.25) is 5.95 Å². The van der Waals surface area contributed by atoms with E-state index in [2.05, 4.69) is 20.3 Å². The number of H-pyrrole nitrogens is 1. The number of ether oxygens (including phenoxy) is 2. The van der Waals surface area contributed by atoms with Gasteiger partial charge in [-0.2, -0.15) is 4.98 Å². The van der Waals surface area contributed by atoms with Gasteiger partial charge in [-0.15, -0.1) is 0 Å². The summed E-state index contributed by atoms with van der Waals surface area (Å²) in [4.78, 5) is 24.5. The first-order valence-corrected chi connectivity index (χ1v) is 9.07. The topological polar surface area (TPSA) is 89.1 Å². The van der Waals surface area contributed by atoms with Gasteiger partial charge < -0.3 is 14.8 Å². The van der Waals surface area contributed by atoms with E-state index in [0.29, 0.717) is 34.5 Å². The van der Waals surface area contributed by atoms with Crippen LogP contribution in [0.2, 0.25) is 0 Å². The number of hydrogen-bond acceptors (Lipinski definition) is 6. The smallest absolute Gasteiger partial charge is 0.262 e. The minimum absolute atomic E-state index is 0.210. The maximum atomic E-state index is 12.8. The van der Waals surface area contributed by atoms with Crippen LogP contribution in [0.3, 0.4) is 0 Å². The molecule has 1 fully saturated rings. The minimum Gasteiger partial charge on any atom is -0.493 e. The monoisotopic (exact) mass is 366 g/mol. The fourth-order valence-corrected chi connectivity index (χ4v) is 3.64. The second kappa shape index (κ2) is 7.26. The second-order valence-corrected chi connectivity index (χ2v) is 6.67. The van der Waals surface area contributed by atoms with Crippen LogP contribution >= 0.6 is 0 Å². The van der Waals surface area contributed by atoms with Crippen molar-refractivity contribution >= 4 is 17.0 Å². The number of nitrogens with zero attached hydrogens (tertiary/aromatic N) is 2. The van der Waals surface area contributed by atoms with E-state index in [1.165, 1.54) is 12.8 Å². The molecule has 1 aromatic carbocycles. The zero-order valence-corrected chi connectivity index (χ0v) is 15.4. The number of aromatic nitrogens is 3. The molecule has 27 heavy (non-hydrogen) atoms. The van der Waals surface area contributed by atoms with Gasteiger partial charge >= 0.3 is 0 Å². The van der Waals surface area contributed by atoms with Crippen LogP contribution in [0.15, 0.2) is 35.3 Å². The lowest BCUT2D eigenvalue weighted by Gasteiger charge is -2.13. The van der Waals surface area contributed by atoms with E-state index in [1.54, 1.807) is 20.4 Å². The molecular formula is C20H22N4O3. The molecule has 1 aliphatic carbocycles. The number of aromatic amines is 1. The zero-order valence-electron chi connectivity index (χ0n) is 15.4. The number of rotatable bonds is 5. The Balaban J connectivity index is 1.79. The largest absolute Gasteiger partial charge is 0.493 e. The summed E-state index contributed by atoms with van der Waals surface area (Å²) in [5.41, 5.74) is 1.80. The van der Waals surface area contributed by atoms with Crippen molar-refractivity contribution in [2.45, 2.75) is 31.7 Å². The zero-order chi connectivity index (χ0) is 18.8. The Morgan fingerprint density at radius 3 is 2.63 bits per heavy atom. The maximum absolute atomic E-state index is 12.8. The summed E-state index contributed by atoms with van der Waals surface area (Å²) in [6.07, 6.45) is 6.27. The van der Waals surface area contributed by atoms with Crippen LogP contribution in [0.4, 0.5) is 5.95 Å². The quantitative estimate of drug-likeness (QED) is 0.720. The van der Waals surface area contributed by atoms with Crippen molar-refractivity contribution in [3.63, 3.8) is 0 Å². The summed E-state index contributed by atoms with van der Waals surface area (Å²) >= 11 is 0. The molecule has 1 aliphatic rings. The molecule has 2 aromatic heterocycles. The van der Waals surface area contributed by atoms with Crippen LogP contribution in [-0.2, 0) is 0 Å². The third kappa shape index (κ3) is 3.32. The van der Waals surface area contributed by atoms with Crippen LogP contribution in [0, 0.1) is 0 Å². The molecule has 2 N–H and O–H groups in total. The highest BCUT2D eigenvalue weighted by atomic mass is 16.5. The molecule has 0 bridgehead atoms. The first-order chi connectivity index (χ1) is 13.2. The summed E-state index contributed by atoms with van der Waals surface area (Å²) in [6, 6.07) is 7.72. The molecular weight excluding hydrogens is 344 g/mol.